The summed E-state index contributed by atoms with van der Waals surface area (Å²) < 4.78 is 0. The Balaban J connectivity index is 1.86. The summed E-state index contributed by atoms with van der Waals surface area (Å²) in [6, 6.07) is 21.8. The number of rotatable bonds is 5. The highest BCUT2D eigenvalue weighted by molar-refractivity contribution is 5.79. The highest BCUT2D eigenvalue weighted by atomic mass is 16.1. The number of carbonyl (C=O) groups excluding carboxylic acids is 1. The van der Waals surface area contributed by atoms with Gasteiger partial charge in [-0.3, -0.25) is 9.78 Å². The van der Waals surface area contributed by atoms with Gasteiger partial charge in [0, 0.05) is 12.4 Å². The van der Waals surface area contributed by atoms with Crippen LogP contribution in [0.5, 0.6) is 0 Å². The van der Waals surface area contributed by atoms with Crippen molar-refractivity contribution in [3.8, 4) is 0 Å². The van der Waals surface area contributed by atoms with E-state index in [0.29, 0.717) is 6.42 Å². The summed E-state index contributed by atoms with van der Waals surface area (Å²) in [5, 5.41) is 3.18. The number of pyridine rings is 1. The van der Waals surface area contributed by atoms with Gasteiger partial charge in [0.2, 0.25) is 5.91 Å². The van der Waals surface area contributed by atoms with Crippen LogP contribution in [0.15, 0.2) is 79.1 Å². The van der Waals surface area contributed by atoms with Gasteiger partial charge in [-0.25, -0.2) is 0 Å². The van der Waals surface area contributed by atoms with E-state index >= 15 is 0 Å². The lowest BCUT2D eigenvalue weighted by Crippen LogP contribution is -2.31. The Morgan fingerprint density at radius 2 is 1.62 bits per heavy atom. The van der Waals surface area contributed by atoms with Crippen LogP contribution >= 0.6 is 0 Å². The molecule has 24 heavy (non-hydrogen) atoms. The van der Waals surface area contributed by atoms with E-state index < -0.39 is 0 Å². The quantitative estimate of drug-likeness (QED) is 0.777. The third-order valence-electron chi connectivity index (χ3n) is 4.05. The van der Waals surface area contributed by atoms with Crippen LogP contribution in [0.2, 0.25) is 0 Å². The van der Waals surface area contributed by atoms with Crippen molar-refractivity contribution >= 4 is 5.91 Å². The molecule has 3 aromatic rings. The molecule has 0 unspecified atom stereocenters. The lowest BCUT2D eigenvalue weighted by molar-refractivity contribution is -0.120. The zero-order chi connectivity index (χ0) is 16.8. The largest absolute Gasteiger partial charge is 0.345 e. The van der Waals surface area contributed by atoms with Crippen LogP contribution in [0.25, 0.3) is 0 Å². The van der Waals surface area contributed by atoms with Crippen molar-refractivity contribution in [3.63, 3.8) is 0 Å². The molecule has 0 aliphatic heterocycles. The molecule has 1 N–H and O–H groups in total. The van der Waals surface area contributed by atoms with Crippen molar-refractivity contribution < 1.29 is 4.79 Å². The maximum atomic E-state index is 12.5. The predicted octanol–water partition coefficient (Wildman–Crippen LogP) is 3.84. The first-order valence-electron chi connectivity index (χ1n) is 8.03. The number of aromatic nitrogens is 1. The molecule has 0 radical (unpaired) electrons. The first kappa shape index (κ1) is 15.9. The summed E-state index contributed by atoms with van der Waals surface area (Å²) in [5.41, 5.74) is 4.32. The van der Waals surface area contributed by atoms with E-state index in [1.807, 2.05) is 54.6 Å². The molecule has 3 nitrogen and oxygen atoms in total. The van der Waals surface area contributed by atoms with Crippen LogP contribution in [0.4, 0.5) is 0 Å². The molecule has 3 rings (SSSR count). The molecule has 0 saturated heterocycles. The average Bonchev–Trinajstić information content (AvgIpc) is 2.62. The van der Waals surface area contributed by atoms with E-state index in [0.717, 1.165) is 22.3 Å². The molecule has 3 heteroatoms. The van der Waals surface area contributed by atoms with E-state index in [9.17, 15) is 4.79 Å². The second-order valence-corrected chi connectivity index (χ2v) is 5.80. The fraction of sp³-hybridized carbons (Fsp3) is 0.143. The maximum Gasteiger partial charge on any atom is 0.225 e. The minimum atomic E-state index is -0.151. The summed E-state index contributed by atoms with van der Waals surface area (Å²) >= 11 is 0. The van der Waals surface area contributed by atoms with Gasteiger partial charge in [0.15, 0.2) is 0 Å². The highest BCUT2D eigenvalue weighted by Gasteiger charge is 2.18. The second kappa shape index (κ2) is 7.55. The van der Waals surface area contributed by atoms with Crippen molar-refractivity contribution in [3.05, 3.63) is 101 Å². The van der Waals surface area contributed by atoms with Gasteiger partial charge >= 0.3 is 0 Å². The number of hydrogen-bond acceptors (Lipinski definition) is 2. The number of nitrogens with one attached hydrogen (secondary N) is 1. The summed E-state index contributed by atoms with van der Waals surface area (Å²) in [6.07, 6.45) is 3.76. The van der Waals surface area contributed by atoms with Crippen molar-refractivity contribution in [2.75, 3.05) is 0 Å². The van der Waals surface area contributed by atoms with Crippen LogP contribution in [-0.4, -0.2) is 10.9 Å². The topological polar surface area (TPSA) is 42.0 Å². The fourth-order valence-electron chi connectivity index (χ4n) is 2.79. The van der Waals surface area contributed by atoms with E-state index in [1.54, 1.807) is 12.4 Å². The number of carbonyl (C=O) groups is 1. The average molecular weight is 316 g/mol. The predicted molar refractivity (Wildman–Crippen MR) is 95.5 cm³/mol. The lowest BCUT2D eigenvalue weighted by atomic mass is 9.94. The highest BCUT2D eigenvalue weighted by Crippen LogP contribution is 2.24. The Morgan fingerprint density at radius 1 is 0.958 bits per heavy atom. The fourth-order valence-corrected chi connectivity index (χ4v) is 2.79. The molecule has 0 bridgehead atoms. The first-order valence-corrected chi connectivity index (χ1v) is 8.03. The molecule has 0 aliphatic rings. The molecule has 1 amide bonds. The SMILES string of the molecule is Cc1ccccc1[C@@H](NC(=O)Cc1ccncc1)c1ccccc1. The Bertz CT molecular complexity index is 800. The molecule has 2 aromatic carbocycles. The molecule has 1 atom stereocenters. The van der Waals surface area contributed by atoms with Crippen LogP contribution in [0, 0.1) is 6.92 Å². The van der Waals surface area contributed by atoms with Gasteiger partial charge in [-0.2, -0.15) is 0 Å². The monoisotopic (exact) mass is 316 g/mol. The van der Waals surface area contributed by atoms with Crippen LogP contribution < -0.4 is 5.32 Å². The van der Waals surface area contributed by atoms with Gasteiger partial charge in [-0.05, 0) is 41.3 Å². The smallest absolute Gasteiger partial charge is 0.225 e. The summed E-state index contributed by atoms with van der Waals surface area (Å²) in [4.78, 5) is 16.5. The molecule has 120 valence electrons. The Kier molecular flexibility index (Phi) is 5.02. The number of hydrogen-bond donors (Lipinski definition) is 1. The number of amides is 1. The molecule has 0 spiro atoms. The Hall–Kier alpha value is -2.94. The van der Waals surface area contributed by atoms with Crippen molar-refractivity contribution in [2.45, 2.75) is 19.4 Å². The minimum Gasteiger partial charge on any atom is -0.345 e. The summed E-state index contributed by atoms with van der Waals surface area (Å²) in [6.45, 7) is 2.07. The third kappa shape index (κ3) is 3.87. The molecule has 1 heterocycles. The van der Waals surface area contributed by atoms with E-state index in [2.05, 4.69) is 29.4 Å². The Labute approximate surface area is 142 Å². The van der Waals surface area contributed by atoms with Gasteiger partial charge in [-0.1, -0.05) is 54.6 Å². The third-order valence-corrected chi connectivity index (χ3v) is 4.05. The van der Waals surface area contributed by atoms with Gasteiger partial charge < -0.3 is 5.32 Å². The van der Waals surface area contributed by atoms with Crippen molar-refractivity contribution in [2.24, 2.45) is 0 Å². The zero-order valence-corrected chi connectivity index (χ0v) is 13.6. The molecule has 1 aromatic heterocycles. The molecule has 0 aliphatic carbocycles. The maximum absolute atomic E-state index is 12.5. The molecule has 0 saturated carbocycles. The number of benzene rings is 2. The molecular formula is C21H20N2O. The standard InChI is InChI=1S/C21H20N2O/c1-16-7-5-6-10-19(16)21(18-8-3-2-4-9-18)23-20(24)15-17-11-13-22-14-12-17/h2-14,21H,15H2,1H3,(H,23,24)/t21-/m0/s1. The summed E-state index contributed by atoms with van der Waals surface area (Å²) in [5.74, 6) is -0.00157. The first-order chi connectivity index (χ1) is 11.7. The Morgan fingerprint density at radius 3 is 2.33 bits per heavy atom. The van der Waals surface area contributed by atoms with E-state index in [4.69, 9.17) is 0 Å². The second-order valence-electron chi connectivity index (χ2n) is 5.80. The zero-order valence-electron chi connectivity index (χ0n) is 13.6. The molecular weight excluding hydrogens is 296 g/mol. The van der Waals surface area contributed by atoms with Gasteiger partial charge in [0.25, 0.3) is 0 Å². The van der Waals surface area contributed by atoms with Gasteiger partial charge in [0.05, 0.1) is 12.5 Å². The van der Waals surface area contributed by atoms with Crippen LogP contribution in [-0.2, 0) is 11.2 Å². The number of aryl methyl sites for hydroxylation is 1. The lowest BCUT2D eigenvalue weighted by Gasteiger charge is -2.21. The van der Waals surface area contributed by atoms with Crippen LogP contribution in [0.3, 0.4) is 0 Å². The van der Waals surface area contributed by atoms with Gasteiger partial charge in [0.1, 0.15) is 0 Å². The van der Waals surface area contributed by atoms with Crippen molar-refractivity contribution in [1.29, 1.82) is 0 Å². The van der Waals surface area contributed by atoms with Crippen molar-refractivity contribution in [1.82, 2.24) is 10.3 Å². The normalized spacial score (nSPS) is 11.7. The minimum absolute atomic E-state index is 0.00157. The summed E-state index contributed by atoms with van der Waals surface area (Å²) in [7, 11) is 0. The van der Waals surface area contributed by atoms with Crippen LogP contribution in [0.1, 0.15) is 28.3 Å². The van der Waals surface area contributed by atoms with E-state index in [-0.39, 0.29) is 11.9 Å². The number of nitrogens with zero attached hydrogens (tertiary/aromatic N) is 1. The molecule has 0 fully saturated rings. The van der Waals surface area contributed by atoms with E-state index in [1.165, 1.54) is 0 Å². The van der Waals surface area contributed by atoms with Gasteiger partial charge in [-0.15, -0.1) is 0 Å².